The third-order valence-electron chi connectivity index (χ3n) is 11.0. The molecule has 1 aliphatic rings. The number of hydrogen-bond donors (Lipinski definition) is 0. The molecular formula is C62H66O14. The van der Waals surface area contributed by atoms with Crippen LogP contribution in [0.4, 0.5) is 0 Å². The fraction of sp³-hybridized carbons (Fsp3) is 0.258. The van der Waals surface area contributed by atoms with Gasteiger partial charge in [0.15, 0.2) is 0 Å². The quantitative estimate of drug-likeness (QED) is 0.0305. The van der Waals surface area contributed by atoms with Crippen LogP contribution in [0.1, 0.15) is 98.5 Å². The molecule has 0 bridgehead atoms. The summed E-state index contributed by atoms with van der Waals surface area (Å²) in [7, 11) is 0. The first-order chi connectivity index (χ1) is 36.8. The molecule has 6 aromatic carbocycles. The number of unbranched alkanes of at least 4 members (excludes halogenated alkanes) is 2. The Hall–Kier alpha value is -8.78. The lowest BCUT2D eigenvalue weighted by molar-refractivity contribution is -0.131. The molecule has 0 unspecified atom stereocenters. The lowest BCUT2D eigenvalue weighted by Crippen LogP contribution is -2.29. The van der Waals surface area contributed by atoms with E-state index in [1.165, 1.54) is 0 Å². The van der Waals surface area contributed by atoms with Gasteiger partial charge in [0, 0.05) is 25.7 Å². The van der Waals surface area contributed by atoms with E-state index in [1.807, 2.05) is 50.2 Å². The zero-order valence-electron chi connectivity index (χ0n) is 43.3. The van der Waals surface area contributed by atoms with E-state index in [9.17, 15) is 28.8 Å². The van der Waals surface area contributed by atoms with E-state index >= 15 is 0 Å². The summed E-state index contributed by atoms with van der Waals surface area (Å²) in [6, 6.07) is 45.4. The van der Waals surface area contributed by atoms with Crippen LogP contribution in [0.15, 0.2) is 182 Å². The molecule has 398 valence electrons. The third-order valence-corrected chi connectivity index (χ3v) is 11.0. The monoisotopic (exact) mass is 1030 g/mol. The molecule has 0 spiro atoms. The highest BCUT2D eigenvalue weighted by atomic mass is 16.6. The highest BCUT2D eigenvalue weighted by Crippen LogP contribution is 2.26. The lowest BCUT2D eigenvalue weighted by Gasteiger charge is -2.28. The van der Waals surface area contributed by atoms with Gasteiger partial charge in [0.25, 0.3) is 0 Å². The maximum absolute atomic E-state index is 12.5. The Kier molecular flexibility index (Phi) is 24.8. The molecule has 0 saturated heterocycles. The van der Waals surface area contributed by atoms with E-state index in [2.05, 4.69) is 13.8 Å². The van der Waals surface area contributed by atoms with Gasteiger partial charge in [-0.1, -0.05) is 98.5 Å². The van der Waals surface area contributed by atoms with Gasteiger partial charge in [0.2, 0.25) is 0 Å². The predicted octanol–water partition coefficient (Wildman–Crippen LogP) is 12.7. The van der Waals surface area contributed by atoms with Crippen LogP contribution in [0.25, 0.3) is 0 Å². The first kappa shape index (κ1) is 58.1. The van der Waals surface area contributed by atoms with Crippen molar-refractivity contribution in [2.45, 2.75) is 91.3 Å². The van der Waals surface area contributed by atoms with Crippen molar-refractivity contribution in [2.75, 3.05) is 13.2 Å². The normalized spacial score (nSPS) is 13.6. The van der Waals surface area contributed by atoms with Gasteiger partial charge in [0.05, 0.1) is 24.3 Å². The molecule has 14 nitrogen and oxygen atoms in total. The van der Waals surface area contributed by atoms with E-state index in [1.54, 1.807) is 121 Å². The van der Waals surface area contributed by atoms with Crippen molar-refractivity contribution in [1.29, 1.82) is 0 Å². The van der Waals surface area contributed by atoms with Gasteiger partial charge < -0.3 is 37.9 Å². The average Bonchev–Trinajstić information content (AvgIpc) is 3.43. The molecule has 0 N–H and O–H groups in total. The van der Waals surface area contributed by atoms with E-state index in [4.69, 9.17) is 37.9 Å². The van der Waals surface area contributed by atoms with Crippen molar-refractivity contribution in [3.8, 4) is 34.5 Å². The Balaban J connectivity index is 0.000000260. The lowest BCUT2D eigenvalue weighted by atomic mass is 9.95. The van der Waals surface area contributed by atoms with Crippen LogP contribution in [0.5, 0.6) is 34.5 Å². The number of para-hydroxylation sites is 2. The third kappa shape index (κ3) is 22.5. The summed E-state index contributed by atoms with van der Waals surface area (Å²) in [6.07, 6.45) is 10.6. The molecule has 0 heterocycles. The molecule has 1 fully saturated rings. The molecular weight excluding hydrogens is 969 g/mol. The van der Waals surface area contributed by atoms with Crippen LogP contribution in [0, 0.1) is 13.8 Å². The Bertz CT molecular complexity index is 2590. The van der Waals surface area contributed by atoms with Gasteiger partial charge in [-0.05, 0) is 149 Å². The summed E-state index contributed by atoms with van der Waals surface area (Å²) in [6.45, 7) is 9.45. The number of benzene rings is 6. The van der Waals surface area contributed by atoms with Crippen LogP contribution >= 0.6 is 0 Å². The van der Waals surface area contributed by atoms with Crippen LogP contribution in [0.3, 0.4) is 0 Å². The van der Waals surface area contributed by atoms with E-state index in [0.29, 0.717) is 73.0 Å². The second-order valence-corrected chi connectivity index (χ2v) is 17.3. The average molecular weight is 1040 g/mol. The van der Waals surface area contributed by atoms with Crippen molar-refractivity contribution in [2.24, 2.45) is 0 Å². The number of ether oxygens (including phenoxy) is 8. The van der Waals surface area contributed by atoms with E-state index in [0.717, 1.165) is 72.6 Å². The fourth-order valence-corrected chi connectivity index (χ4v) is 6.81. The Morgan fingerprint density at radius 2 is 0.671 bits per heavy atom. The summed E-state index contributed by atoms with van der Waals surface area (Å²) in [5.74, 6) is -0.0196. The van der Waals surface area contributed by atoms with E-state index in [-0.39, 0.29) is 25.6 Å². The molecule has 0 radical (unpaired) electrons. The number of esters is 6. The highest BCUT2D eigenvalue weighted by Gasteiger charge is 2.27. The largest absolute Gasteiger partial charge is 0.494 e. The molecule has 0 aliphatic heterocycles. The van der Waals surface area contributed by atoms with E-state index < -0.39 is 23.9 Å². The van der Waals surface area contributed by atoms with Crippen molar-refractivity contribution >= 4 is 35.8 Å². The Morgan fingerprint density at radius 1 is 0.395 bits per heavy atom. The number of aryl methyl sites for hydroxylation is 2. The summed E-state index contributed by atoms with van der Waals surface area (Å²) in [5, 5.41) is 0. The smallest absolute Gasteiger partial charge is 0.338 e. The van der Waals surface area contributed by atoms with Crippen molar-refractivity contribution in [3.05, 3.63) is 204 Å². The maximum atomic E-state index is 12.5. The molecule has 0 amide bonds. The molecule has 76 heavy (non-hydrogen) atoms. The SMILES string of the molecule is CCCCOc1ccc(C(=O)OC2CCC(OC(=O)c3ccc(OCCCC)cc3)CC2)cc1.Cc1ccc(OC(=O)/C=C\C(=O)Oc2ccc(C)cc2)cc1.O=C(/C=C\C(=O)Oc1ccccc1)Oc1ccccc1.[HH]. The number of carbonyl (C=O) groups is 6. The van der Waals surface area contributed by atoms with Gasteiger partial charge in [-0.25, -0.2) is 28.8 Å². The molecule has 0 aromatic heterocycles. The predicted molar refractivity (Wildman–Crippen MR) is 289 cm³/mol. The summed E-state index contributed by atoms with van der Waals surface area (Å²) < 4.78 is 42.7. The van der Waals surface area contributed by atoms with Crippen molar-refractivity contribution in [1.82, 2.24) is 0 Å². The minimum atomic E-state index is -0.638. The summed E-state index contributed by atoms with van der Waals surface area (Å²) in [4.78, 5) is 71.0. The molecule has 14 heteroatoms. The van der Waals surface area contributed by atoms with Gasteiger partial charge in [-0.2, -0.15) is 0 Å². The second-order valence-electron chi connectivity index (χ2n) is 17.3. The standard InChI is InChI=1S/C28H36O6.C18H16O4.C16H12O4.H2/c1-3-5-19-31-23-11-7-21(8-12-23)27(29)33-25-15-17-26(18-16-25)34-28(30)22-9-13-24(14-10-22)32-20-6-4-2;1-13-3-7-15(8-4-13)21-17(19)11-12-18(20)22-16-9-5-14(2)6-10-16;17-15(19-13-7-3-1-4-8-13)11-12-16(18)20-14-9-5-2-6-10-14;/h7-14,25-26H,3-6,15-20H2,1-2H3;3-12H,1-2H3;1-12H;1H/b;2*12-11-;. The van der Waals surface area contributed by atoms with Gasteiger partial charge in [-0.15, -0.1) is 0 Å². The van der Waals surface area contributed by atoms with Crippen LogP contribution < -0.4 is 28.4 Å². The van der Waals surface area contributed by atoms with Crippen LogP contribution in [-0.4, -0.2) is 61.2 Å². The molecule has 1 saturated carbocycles. The first-order valence-electron chi connectivity index (χ1n) is 25.2. The van der Waals surface area contributed by atoms with Gasteiger partial charge >= 0.3 is 35.8 Å². The maximum Gasteiger partial charge on any atom is 0.338 e. The van der Waals surface area contributed by atoms with Crippen molar-refractivity contribution in [3.63, 3.8) is 0 Å². The number of hydrogen-bond acceptors (Lipinski definition) is 14. The first-order valence-corrected chi connectivity index (χ1v) is 25.2. The Morgan fingerprint density at radius 3 is 0.961 bits per heavy atom. The minimum Gasteiger partial charge on any atom is -0.494 e. The zero-order chi connectivity index (χ0) is 54.3. The second kappa shape index (κ2) is 32.4. The molecule has 1 aliphatic carbocycles. The van der Waals surface area contributed by atoms with Crippen LogP contribution in [-0.2, 0) is 28.7 Å². The Labute approximate surface area is 445 Å². The molecule has 7 rings (SSSR count). The molecule has 6 aromatic rings. The number of carbonyl (C=O) groups excluding carboxylic acids is 6. The van der Waals surface area contributed by atoms with Gasteiger partial charge in [-0.3, -0.25) is 0 Å². The van der Waals surface area contributed by atoms with Crippen molar-refractivity contribution < 1.29 is 68.1 Å². The molecule has 0 atom stereocenters. The van der Waals surface area contributed by atoms with Gasteiger partial charge in [0.1, 0.15) is 46.7 Å². The minimum absolute atomic E-state index is 0. The topological polar surface area (TPSA) is 176 Å². The zero-order valence-corrected chi connectivity index (χ0v) is 43.3. The highest BCUT2D eigenvalue weighted by molar-refractivity contribution is 5.94. The summed E-state index contributed by atoms with van der Waals surface area (Å²) in [5.41, 5.74) is 3.16. The number of rotatable bonds is 20. The summed E-state index contributed by atoms with van der Waals surface area (Å²) >= 11 is 0. The fourth-order valence-electron chi connectivity index (χ4n) is 6.81. The van der Waals surface area contributed by atoms with Crippen LogP contribution in [0.2, 0.25) is 0 Å².